The number of carbonyl (C=O) groups is 2. The SMILES string of the molecule is CC(=O)Oc1cccc2c1cc(C)n2C(=O)c1ccc(OC[C@H]2COc3ccccc32)cc1. The number of aromatic nitrogens is 1. The van der Waals surface area contributed by atoms with E-state index in [1.54, 1.807) is 41.0 Å². The topological polar surface area (TPSA) is 66.8 Å². The second-order valence-electron chi connectivity index (χ2n) is 8.09. The van der Waals surface area contributed by atoms with Crippen LogP contribution in [0.2, 0.25) is 0 Å². The van der Waals surface area contributed by atoms with Crippen molar-refractivity contribution in [2.75, 3.05) is 13.2 Å². The van der Waals surface area contributed by atoms with Gasteiger partial charge in [0.2, 0.25) is 0 Å². The van der Waals surface area contributed by atoms with Crippen LogP contribution < -0.4 is 14.2 Å². The van der Waals surface area contributed by atoms with E-state index in [-0.39, 0.29) is 11.8 Å². The number of para-hydroxylation sites is 1. The van der Waals surface area contributed by atoms with Crippen LogP contribution in [0.15, 0.2) is 72.8 Å². The molecule has 0 radical (unpaired) electrons. The van der Waals surface area contributed by atoms with Crippen molar-refractivity contribution in [2.24, 2.45) is 0 Å². The standard InChI is InChI=1S/C27H23NO5/c1-17-14-23-24(7-5-9-26(23)33-18(2)29)28(17)27(30)19-10-12-21(13-11-19)31-15-20-16-32-25-8-4-3-6-22(20)25/h3-14,20H,15-16H2,1-2H3/t20-/m0/s1. The van der Waals surface area contributed by atoms with E-state index in [1.807, 2.05) is 37.3 Å². The van der Waals surface area contributed by atoms with Crippen LogP contribution in [-0.4, -0.2) is 29.7 Å². The summed E-state index contributed by atoms with van der Waals surface area (Å²) in [5.41, 5.74) is 3.15. The fourth-order valence-corrected chi connectivity index (χ4v) is 4.24. The molecule has 0 fully saturated rings. The van der Waals surface area contributed by atoms with Crippen molar-refractivity contribution in [3.63, 3.8) is 0 Å². The van der Waals surface area contributed by atoms with Crippen molar-refractivity contribution in [2.45, 2.75) is 19.8 Å². The average Bonchev–Trinajstić information content (AvgIpc) is 3.38. The number of ether oxygens (including phenoxy) is 3. The lowest BCUT2D eigenvalue weighted by molar-refractivity contribution is -0.131. The summed E-state index contributed by atoms with van der Waals surface area (Å²) in [5, 5.41) is 0.720. The highest BCUT2D eigenvalue weighted by atomic mass is 16.5. The van der Waals surface area contributed by atoms with E-state index >= 15 is 0 Å². The molecule has 0 bridgehead atoms. The highest BCUT2D eigenvalue weighted by Crippen LogP contribution is 2.34. The molecule has 5 rings (SSSR count). The summed E-state index contributed by atoms with van der Waals surface area (Å²) < 4.78 is 18.6. The maximum Gasteiger partial charge on any atom is 0.308 e. The molecular formula is C27H23NO5. The molecule has 0 aliphatic carbocycles. The van der Waals surface area contributed by atoms with Crippen LogP contribution in [0.25, 0.3) is 10.9 Å². The Morgan fingerprint density at radius 2 is 1.82 bits per heavy atom. The van der Waals surface area contributed by atoms with Crippen LogP contribution in [0.1, 0.15) is 34.5 Å². The number of nitrogens with zero attached hydrogens (tertiary/aromatic N) is 1. The minimum absolute atomic E-state index is 0.160. The fraction of sp³-hybridized carbons (Fsp3) is 0.185. The van der Waals surface area contributed by atoms with Crippen LogP contribution in [0.4, 0.5) is 0 Å². The molecule has 4 aromatic rings. The third-order valence-corrected chi connectivity index (χ3v) is 5.80. The van der Waals surface area contributed by atoms with Gasteiger partial charge >= 0.3 is 5.97 Å². The largest absolute Gasteiger partial charge is 0.493 e. The molecule has 0 saturated carbocycles. The molecule has 0 spiro atoms. The van der Waals surface area contributed by atoms with Crippen LogP contribution in [0.3, 0.4) is 0 Å². The first-order valence-corrected chi connectivity index (χ1v) is 10.8. The normalized spacial score (nSPS) is 14.5. The molecular weight excluding hydrogens is 418 g/mol. The summed E-state index contributed by atoms with van der Waals surface area (Å²) in [6, 6.07) is 22.3. The molecule has 6 heteroatoms. The van der Waals surface area contributed by atoms with Gasteiger partial charge in [0.15, 0.2) is 0 Å². The van der Waals surface area contributed by atoms with Gasteiger partial charge in [-0.3, -0.25) is 14.2 Å². The Morgan fingerprint density at radius 3 is 2.61 bits per heavy atom. The summed E-state index contributed by atoms with van der Waals surface area (Å²) in [7, 11) is 0. The Labute approximate surface area is 191 Å². The summed E-state index contributed by atoms with van der Waals surface area (Å²) >= 11 is 0. The monoisotopic (exact) mass is 441 g/mol. The number of esters is 1. The van der Waals surface area contributed by atoms with Gasteiger partial charge in [-0.15, -0.1) is 0 Å². The number of hydrogen-bond acceptors (Lipinski definition) is 5. The molecule has 0 N–H and O–H groups in total. The van der Waals surface area contributed by atoms with Gasteiger partial charge in [-0.2, -0.15) is 0 Å². The number of hydrogen-bond donors (Lipinski definition) is 0. The molecule has 33 heavy (non-hydrogen) atoms. The predicted octanol–water partition coefficient (Wildman–Crippen LogP) is 5.12. The number of rotatable bonds is 5. The number of carbonyl (C=O) groups excluding carboxylic acids is 2. The second-order valence-corrected chi connectivity index (χ2v) is 8.09. The quantitative estimate of drug-likeness (QED) is 0.318. The average molecular weight is 441 g/mol. The van der Waals surface area contributed by atoms with Crippen LogP contribution >= 0.6 is 0 Å². The van der Waals surface area contributed by atoms with Crippen LogP contribution in [0.5, 0.6) is 17.2 Å². The molecule has 6 nitrogen and oxygen atoms in total. The van der Waals surface area contributed by atoms with Gasteiger partial charge in [0, 0.05) is 29.1 Å². The smallest absolute Gasteiger partial charge is 0.308 e. The van der Waals surface area contributed by atoms with Gasteiger partial charge in [-0.25, -0.2) is 0 Å². The third-order valence-electron chi connectivity index (χ3n) is 5.80. The van der Waals surface area contributed by atoms with Crippen LogP contribution in [-0.2, 0) is 4.79 Å². The predicted molar refractivity (Wildman–Crippen MR) is 124 cm³/mol. The minimum Gasteiger partial charge on any atom is -0.493 e. The van der Waals surface area contributed by atoms with Gasteiger partial charge < -0.3 is 14.2 Å². The van der Waals surface area contributed by atoms with Gasteiger partial charge in [0.1, 0.15) is 17.2 Å². The Balaban J connectivity index is 1.34. The van der Waals surface area contributed by atoms with E-state index in [0.29, 0.717) is 35.8 Å². The zero-order chi connectivity index (χ0) is 22.9. The number of benzene rings is 3. The summed E-state index contributed by atoms with van der Waals surface area (Å²) in [5.74, 6) is 1.67. The maximum absolute atomic E-state index is 13.3. The van der Waals surface area contributed by atoms with Crippen molar-refractivity contribution in [3.8, 4) is 17.2 Å². The Hall–Kier alpha value is -4.06. The summed E-state index contributed by atoms with van der Waals surface area (Å²) in [6.45, 7) is 4.32. The van der Waals surface area contributed by atoms with Crippen molar-refractivity contribution in [1.82, 2.24) is 4.57 Å². The third kappa shape index (κ3) is 3.96. The summed E-state index contributed by atoms with van der Waals surface area (Å²) in [6.07, 6.45) is 0. The molecule has 1 atom stereocenters. The van der Waals surface area contributed by atoms with E-state index in [9.17, 15) is 9.59 Å². The van der Waals surface area contributed by atoms with Crippen molar-refractivity contribution in [1.29, 1.82) is 0 Å². The fourth-order valence-electron chi connectivity index (χ4n) is 4.24. The molecule has 0 amide bonds. The Kier molecular flexibility index (Phi) is 5.34. The first-order valence-electron chi connectivity index (χ1n) is 10.8. The molecule has 1 aromatic heterocycles. The van der Waals surface area contributed by atoms with Gasteiger partial charge in [0.05, 0.1) is 24.6 Å². The van der Waals surface area contributed by atoms with E-state index < -0.39 is 5.97 Å². The Bertz CT molecular complexity index is 1350. The first-order chi connectivity index (χ1) is 16.0. The molecule has 1 aliphatic rings. The lowest BCUT2D eigenvalue weighted by Gasteiger charge is -2.12. The van der Waals surface area contributed by atoms with Crippen molar-refractivity contribution < 1.29 is 23.8 Å². The molecule has 2 heterocycles. The van der Waals surface area contributed by atoms with E-state index in [1.165, 1.54) is 6.92 Å². The zero-order valence-electron chi connectivity index (χ0n) is 18.4. The number of fused-ring (bicyclic) bond motifs is 2. The zero-order valence-corrected chi connectivity index (χ0v) is 18.4. The maximum atomic E-state index is 13.3. The lowest BCUT2D eigenvalue weighted by Crippen LogP contribution is -2.14. The van der Waals surface area contributed by atoms with E-state index in [2.05, 4.69) is 6.07 Å². The second kappa shape index (κ2) is 8.47. The molecule has 1 aliphatic heterocycles. The summed E-state index contributed by atoms with van der Waals surface area (Å²) in [4.78, 5) is 24.7. The molecule has 3 aromatic carbocycles. The molecule has 166 valence electrons. The first kappa shape index (κ1) is 20.8. The highest BCUT2D eigenvalue weighted by molar-refractivity contribution is 6.04. The molecule has 0 saturated heterocycles. The van der Waals surface area contributed by atoms with E-state index in [4.69, 9.17) is 14.2 Å². The van der Waals surface area contributed by atoms with Crippen molar-refractivity contribution >= 4 is 22.8 Å². The van der Waals surface area contributed by atoms with Gasteiger partial charge in [-0.05, 0) is 55.5 Å². The highest BCUT2D eigenvalue weighted by Gasteiger charge is 2.24. The molecule has 0 unspecified atom stereocenters. The Morgan fingerprint density at radius 1 is 1.03 bits per heavy atom. The van der Waals surface area contributed by atoms with Gasteiger partial charge in [-0.1, -0.05) is 24.3 Å². The van der Waals surface area contributed by atoms with E-state index in [0.717, 1.165) is 22.4 Å². The van der Waals surface area contributed by atoms with Crippen molar-refractivity contribution in [3.05, 3.63) is 89.6 Å². The van der Waals surface area contributed by atoms with Gasteiger partial charge in [0.25, 0.3) is 5.91 Å². The lowest BCUT2D eigenvalue weighted by atomic mass is 10.0. The number of aryl methyl sites for hydroxylation is 1. The minimum atomic E-state index is -0.400. The van der Waals surface area contributed by atoms with Crippen LogP contribution in [0, 0.1) is 6.92 Å².